The van der Waals surface area contributed by atoms with Gasteiger partial charge in [0, 0.05) is 19.7 Å². The minimum Gasteiger partial charge on any atom is -0.396 e. The Morgan fingerprint density at radius 3 is 2.23 bits per heavy atom. The van der Waals surface area contributed by atoms with Crippen molar-refractivity contribution in [3.8, 4) is 0 Å². The van der Waals surface area contributed by atoms with Crippen molar-refractivity contribution in [3.05, 3.63) is 71.3 Å². The standard InChI is InChI=1S/C21H26N2O3/c1-16-7-9-17(10-8-16)15-23-21(26)20(25)22-13-11-19(12-14-24)18-5-3-2-4-6-18/h2-10,19,24H,11-15H2,1H3,(H,22,25)(H,23,26). The Morgan fingerprint density at radius 1 is 0.923 bits per heavy atom. The molecule has 0 heterocycles. The van der Waals surface area contributed by atoms with Crippen molar-refractivity contribution in [2.75, 3.05) is 13.2 Å². The summed E-state index contributed by atoms with van der Waals surface area (Å²) in [7, 11) is 0. The molecule has 2 rings (SSSR count). The van der Waals surface area contributed by atoms with E-state index in [1.165, 1.54) is 0 Å². The van der Waals surface area contributed by atoms with Crippen LogP contribution >= 0.6 is 0 Å². The average molecular weight is 354 g/mol. The predicted molar refractivity (Wildman–Crippen MR) is 102 cm³/mol. The van der Waals surface area contributed by atoms with Crippen molar-refractivity contribution in [2.45, 2.75) is 32.2 Å². The molecule has 3 N–H and O–H groups in total. The van der Waals surface area contributed by atoms with Gasteiger partial charge in [-0.25, -0.2) is 0 Å². The Hall–Kier alpha value is -2.66. The van der Waals surface area contributed by atoms with Crippen LogP contribution in [-0.4, -0.2) is 30.1 Å². The zero-order valence-corrected chi connectivity index (χ0v) is 15.1. The molecule has 2 amide bonds. The van der Waals surface area contributed by atoms with Crippen molar-refractivity contribution in [3.63, 3.8) is 0 Å². The maximum atomic E-state index is 11.9. The number of hydrogen-bond acceptors (Lipinski definition) is 3. The van der Waals surface area contributed by atoms with E-state index in [4.69, 9.17) is 0 Å². The molecule has 26 heavy (non-hydrogen) atoms. The second-order valence-corrected chi connectivity index (χ2v) is 6.33. The molecule has 0 fully saturated rings. The number of benzene rings is 2. The molecule has 0 aliphatic carbocycles. The van der Waals surface area contributed by atoms with Gasteiger partial charge in [-0.15, -0.1) is 0 Å². The quantitative estimate of drug-likeness (QED) is 0.637. The highest BCUT2D eigenvalue weighted by Gasteiger charge is 2.15. The average Bonchev–Trinajstić information content (AvgIpc) is 2.67. The zero-order chi connectivity index (χ0) is 18.8. The lowest BCUT2D eigenvalue weighted by atomic mass is 9.93. The molecule has 138 valence electrons. The summed E-state index contributed by atoms with van der Waals surface area (Å²) in [6.45, 7) is 2.79. The van der Waals surface area contributed by atoms with Crippen molar-refractivity contribution in [1.82, 2.24) is 10.6 Å². The number of aryl methyl sites for hydroxylation is 1. The summed E-state index contributed by atoms with van der Waals surface area (Å²) >= 11 is 0. The first-order valence-corrected chi connectivity index (χ1v) is 8.87. The number of aliphatic hydroxyl groups excluding tert-OH is 1. The van der Waals surface area contributed by atoms with Gasteiger partial charge in [-0.3, -0.25) is 9.59 Å². The van der Waals surface area contributed by atoms with E-state index in [-0.39, 0.29) is 12.5 Å². The fraction of sp³-hybridized carbons (Fsp3) is 0.333. The number of amides is 2. The van der Waals surface area contributed by atoms with Crippen LogP contribution in [0.15, 0.2) is 54.6 Å². The molecule has 5 nitrogen and oxygen atoms in total. The zero-order valence-electron chi connectivity index (χ0n) is 15.1. The largest absolute Gasteiger partial charge is 0.396 e. The Kier molecular flexibility index (Phi) is 7.83. The Balaban J connectivity index is 1.75. The molecule has 2 aromatic carbocycles. The molecule has 5 heteroatoms. The topological polar surface area (TPSA) is 78.4 Å². The number of carbonyl (C=O) groups is 2. The summed E-state index contributed by atoms with van der Waals surface area (Å²) in [5.41, 5.74) is 3.22. The van der Waals surface area contributed by atoms with Gasteiger partial charge in [-0.1, -0.05) is 60.2 Å². The SMILES string of the molecule is Cc1ccc(CNC(=O)C(=O)NCCC(CCO)c2ccccc2)cc1. The summed E-state index contributed by atoms with van der Waals surface area (Å²) in [5.74, 6) is -1.12. The van der Waals surface area contributed by atoms with Crippen LogP contribution in [0, 0.1) is 6.92 Å². The number of nitrogens with one attached hydrogen (secondary N) is 2. The van der Waals surface area contributed by atoms with Crippen LogP contribution in [0.5, 0.6) is 0 Å². The van der Waals surface area contributed by atoms with Gasteiger partial charge in [0.1, 0.15) is 0 Å². The molecule has 0 radical (unpaired) electrons. The molecule has 2 aromatic rings. The van der Waals surface area contributed by atoms with Crippen molar-refractivity contribution in [2.24, 2.45) is 0 Å². The van der Waals surface area contributed by atoms with E-state index in [1.807, 2.05) is 61.5 Å². The van der Waals surface area contributed by atoms with Crippen molar-refractivity contribution < 1.29 is 14.7 Å². The Morgan fingerprint density at radius 2 is 1.58 bits per heavy atom. The van der Waals surface area contributed by atoms with Gasteiger partial charge in [-0.05, 0) is 36.8 Å². The van der Waals surface area contributed by atoms with E-state index in [0.29, 0.717) is 25.9 Å². The molecule has 0 bridgehead atoms. The highest BCUT2D eigenvalue weighted by molar-refractivity contribution is 6.35. The Bertz CT molecular complexity index is 699. The first kappa shape index (κ1) is 19.7. The van der Waals surface area contributed by atoms with E-state index < -0.39 is 11.8 Å². The molecule has 0 saturated carbocycles. The minimum atomic E-state index is -0.635. The molecular formula is C21H26N2O3. The first-order chi connectivity index (χ1) is 12.6. The van der Waals surface area contributed by atoms with Gasteiger partial charge in [0.25, 0.3) is 0 Å². The smallest absolute Gasteiger partial charge is 0.309 e. The van der Waals surface area contributed by atoms with Gasteiger partial charge in [0.15, 0.2) is 0 Å². The second-order valence-electron chi connectivity index (χ2n) is 6.33. The van der Waals surface area contributed by atoms with Gasteiger partial charge < -0.3 is 15.7 Å². The summed E-state index contributed by atoms with van der Waals surface area (Å²) in [5, 5.41) is 14.5. The van der Waals surface area contributed by atoms with Crippen LogP contribution in [0.1, 0.15) is 35.4 Å². The highest BCUT2D eigenvalue weighted by Crippen LogP contribution is 2.22. The maximum absolute atomic E-state index is 11.9. The summed E-state index contributed by atoms with van der Waals surface area (Å²) in [4.78, 5) is 23.8. The van der Waals surface area contributed by atoms with Crippen LogP contribution in [0.3, 0.4) is 0 Å². The lowest BCUT2D eigenvalue weighted by Crippen LogP contribution is -2.40. The minimum absolute atomic E-state index is 0.0878. The van der Waals surface area contributed by atoms with Crippen LogP contribution in [0.25, 0.3) is 0 Å². The fourth-order valence-corrected chi connectivity index (χ4v) is 2.77. The normalized spacial score (nSPS) is 11.6. The van der Waals surface area contributed by atoms with Crippen LogP contribution in [-0.2, 0) is 16.1 Å². The molecule has 0 aromatic heterocycles. The fourth-order valence-electron chi connectivity index (χ4n) is 2.77. The third-order valence-electron chi connectivity index (χ3n) is 4.31. The summed E-state index contributed by atoms with van der Waals surface area (Å²) < 4.78 is 0. The Labute approximate surface area is 154 Å². The van der Waals surface area contributed by atoms with Gasteiger partial charge in [0.2, 0.25) is 0 Å². The summed E-state index contributed by atoms with van der Waals surface area (Å²) in [6.07, 6.45) is 1.29. The summed E-state index contributed by atoms with van der Waals surface area (Å²) in [6, 6.07) is 17.7. The molecule has 1 unspecified atom stereocenters. The lowest BCUT2D eigenvalue weighted by Gasteiger charge is -2.16. The van der Waals surface area contributed by atoms with Gasteiger partial charge in [0.05, 0.1) is 0 Å². The maximum Gasteiger partial charge on any atom is 0.309 e. The lowest BCUT2D eigenvalue weighted by molar-refractivity contribution is -0.139. The third-order valence-corrected chi connectivity index (χ3v) is 4.31. The van der Waals surface area contributed by atoms with E-state index in [1.54, 1.807) is 0 Å². The molecule has 0 spiro atoms. The monoisotopic (exact) mass is 354 g/mol. The molecule has 0 aliphatic rings. The third kappa shape index (κ3) is 6.33. The molecular weight excluding hydrogens is 328 g/mol. The number of rotatable bonds is 8. The molecule has 1 atom stereocenters. The van der Waals surface area contributed by atoms with Crippen molar-refractivity contribution in [1.29, 1.82) is 0 Å². The first-order valence-electron chi connectivity index (χ1n) is 8.87. The van der Waals surface area contributed by atoms with Crippen molar-refractivity contribution >= 4 is 11.8 Å². The van der Waals surface area contributed by atoms with E-state index in [2.05, 4.69) is 10.6 Å². The number of carbonyl (C=O) groups excluding carboxylic acids is 2. The van der Waals surface area contributed by atoms with Crippen LogP contribution in [0.4, 0.5) is 0 Å². The number of aliphatic hydroxyl groups is 1. The van der Waals surface area contributed by atoms with E-state index in [0.717, 1.165) is 16.7 Å². The van der Waals surface area contributed by atoms with Crippen LogP contribution in [0.2, 0.25) is 0 Å². The highest BCUT2D eigenvalue weighted by atomic mass is 16.3. The molecule has 0 saturated heterocycles. The number of hydrogen-bond donors (Lipinski definition) is 3. The second kappa shape index (κ2) is 10.4. The van der Waals surface area contributed by atoms with Crippen LogP contribution < -0.4 is 10.6 Å². The van der Waals surface area contributed by atoms with E-state index in [9.17, 15) is 14.7 Å². The van der Waals surface area contributed by atoms with Gasteiger partial charge in [-0.2, -0.15) is 0 Å². The predicted octanol–water partition coefficient (Wildman–Crippen LogP) is 2.28. The van der Waals surface area contributed by atoms with E-state index >= 15 is 0 Å². The van der Waals surface area contributed by atoms with Gasteiger partial charge >= 0.3 is 11.8 Å². The molecule has 0 aliphatic heterocycles.